The summed E-state index contributed by atoms with van der Waals surface area (Å²) in [5.74, 6) is -0.453. The number of nitrogens with one attached hydrogen (secondary N) is 2. The minimum atomic E-state index is -0.453. The Bertz CT molecular complexity index is 1590. The van der Waals surface area contributed by atoms with Gasteiger partial charge in [-0.2, -0.15) is 5.10 Å². The van der Waals surface area contributed by atoms with E-state index >= 15 is 0 Å². The lowest BCUT2D eigenvalue weighted by Gasteiger charge is -2.19. The zero-order chi connectivity index (χ0) is 28.9. The molecule has 0 unspecified atom stereocenters. The van der Waals surface area contributed by atoms with Gasteiger partial charge in [0, 0.05) is 30.1 Å². The third kappa shape index (κ3) is 6.03. The molecule has 0 radical (unpaired) electrons. The molecule has 0 aliphatic heterocycles. The van der Waals surface area contributed by atoms with E-state index in [0.29, 0.717) is 27.8 Å². The molecule has 7 nitrogen and oxygen atoms in total. The minimum absolute atomic E-state index is 0.0136. The first kappa shape index (κ1) is 30.0. The molecule has 1 saturated carbocycles. The first-order chi connectivity index (χ1) is 18.8. The Hall–Kier alpha value is -3.59. The molecule has 1 aliphatic rings. The molecule has 0 spiro atoms. The van der Waals surface area contributed by atoms with Crippen LogP contribution in [0.4, 0.5) is 21.5 Å². The molecule has 1 aliphatic carbocycles. The van der Waals surface area contributed by atoms with Gasteiger partial charge in [-0.15, -0.1) is 0 Å². The Morgan fingerprint density at radius 1 is 1.00 bits per heavy atom. The van der Waals surface area contributed by atoms with Gasteiger partial charge in [0.05, 0.1) is 28.3 Å². The molecule has 1 fully saturated rings. The third-order valence-corrected chi connectivity index (χ3v) is 6.75. The summed E-state index contributed by atoms with van der Waals surface area (Å²) >= 11 is 1.47. The van der Waals surface area contributed by atoms with Crippen molar-refractivity contribution < 1.29 is 4.39 Å². The highest BCUT2D eigenvalue weighted by atomic mass is 32.2. The summed E-state index contributed by atoms with van der Waals surface area (Å²) in [7, 11) is 1.64. The van der Waals surface area contributed by atoms with Crippen LogP contribution in [0.25, 0.3) is 22.2 Å². The molecule has 0 saturated heterocycles. The van der Waals surface area contributed by atoms with Crippen molar-refractivity contribution in [3.8, 4) is 11.3 Å². The predicted octanol–water partition coefficient (Wildman–Crippen LogP) is 7.34. The van der Waals surface area contributed by atoms with Crippen molar-refractivity contribution in [2.75, 3.05) is 16.3 Å². The fourth-order valence-electron chi connectivity index (χ4n) is 4.36. The van der Waals surface area contributed by atoms with E-state index in [9.17, 15) is 14.0 Å². The van der Waals surface area contributed by atoms with Crippen molar-refractivity contribution in [3.05, 3.63) is 80.1 Å². The Kier molecular flexibility index (Phi) is 9.97. The summed E-state index contributed by atoms with van der Waals surface area (Å²) in [5.41, 5.74) is 3.66. The van der Waals surface area contributed by atoms with Gasteiger partial charge in [0.1, 0.15) is 11.5 Å². The molecular formula is C30H38FN5O2S. The Morgan fingerprint density at radius 2 is 1.69 bits per heavy atom. The van der Waals surface area contributed by atoms with Gasteiger partial charge in [-0.25, -0.2) is 9.07 Å². The highest BCUT2D eigenvalue weighted by Gasteiger charge is 2.30. The molecule has 2 aromatic carbocycles. The maximum absolute atomic E-state index is 14.8. The number of anilines is 3. The average molecular weight is 552 g/mol. The standard InChI is InChI=1S/C26H26FN5O2S.2C2H6/c1-14-8-11-20(19(27)12-14)28-22-15(2)25(33)31(3)24-21(22)26(34)32(18-9-10-18)29-23(24)16-6-5-7-17(13-16)30-35-4;2*1-2/h5-8,11-13,18,28,30H,9-10H2,1-4H3;2*1-2H3. The topological polar surface area (TPSA) is 81.0 Å². The number of fused-ring (bicyclic) bond motifs is 1. The molecule has 0 atom stereocenters. The first-order valence-corrected chi connectivity index (χ1v) is 14.6. The van der Waals surface area contributed by atoms with E-state index < -0.39 is 5.82 Å². The Balaban J connectivity index is 0.00000100. The molecule has 9 heteroatoms. The predicted molar refractivity (Wildman–Crippen MR) is 164 cm³/mol. The molecule has 2 aromatic heterocycles. The van der Waals surface area contributed by atoms with Crippen LogP contribution in [0.15, 0.2) is 52.1 Å². The lowest BCUT2D eigenvalue weighted by Crippen LogP contribution is -2.29. The van der Waals surface area contributed by atoms with Crippen molar-refractivity contribution in [1.82, 2.24) is 14.3 Å². The fourth-order valence-corrected chi connectivity index (χ4v) is 4.72. The lowest BCUT2D eigenvalue weighted by molar-refractivity contribution is 0.607. The largest absolute Gasteiger partial charge is 0.352 e. The summed E-state index contributed by atoms with van der Waals surface area (Å²) in [6, 6.07) is 12.5. The van der Waals surface area contributed by atoms with Crippen molar-refractivity contribution >= 4 is 39.9 Å². The molecule has 0 bridgehead atoms. The molecule has 39 heavy (non-hydrogen) atoms. The summed E-state index contributed by atoms with van der Waals surface area (Å²) in [6.45, 7) is 11.5. The van der Waals surface area contributed by atoms with Crippen molar-refractivity contribution in [3.63, 3.8) is 0 Å². The van der Waals surface area contributed by atoms with Gasteiger partial charge in [0.25, 0.3) is 11.1 Å². The number of aromatic nitrogens is 3. The molecule has 0 amide bonds. The monoisotopic (exact) mass is 551 g/mol. The maximum Gasteiger partial charge on any atom is 0.278 e. The Labute approximate surface area is 233 Å². The summed E-state index contributed by atoms with van der Waals surface area (Å²) in [4.78, 5) is 27.1. The van der Waals surface area contributed by atoms with E-state index in [2.05, 4.69) is 10.0 Å². The number of benzene rings is 2. The average Bonchev–Trinajstić information content (AvgIpc) is 3.79. The third-order valence-electron chi connectivity index (χ3n) is 6.31. The zero-order valence-electron chi connectivity index (χ0n) is 24.0. The molecule has 2 N–H and O–H groups in total. The van der Waals surface area contributed by atoms with Crippen LogP contribution in [0.2, 0.25) is 0 Å². The van der Waals surface area contributed by atoms with Gasteiger partial charge in [-0.1, -0.05) is 57.8 Å². The lowest BCUT2D eigenvalue weighted by atomic mass is 10.0. The second-order valence-corrected chi connectivity index (χ2v) is 9.52. The number of pyridine rings is 1. The second kappa shape index (κ2) is 13.0. The van der Waals surface area contributed by atoms with Crippen molar-refractivity contribution in [2.45, 2.75) is 60.4 Å². The quantitative estimate of drug-likeness (QED) is 0.244. The SMILES string of the molecule is CC.CC.CSNc1cccc(-c2nn(C3CC3)c(=O)c3c(Nc4ccc(C)cc4F)c(C)c(=O)n(C)c23)c1. The van der Waals surface area contributed by atoms with Gasteiger partial charge < -0.3 is 14.6 Å². The van der Waals surface area contributed by atoms with Gasteiger partial charge in [-0.3, -0.25) is 9.59 Å². The van der Waals surface area contributed by atoms with E-state index in [1.165, 1.54) is 27.3 Å². The molecule has 5 rings (SSSR count). The van der Waals surface area contributed by atoms with Crippen LogP contribution in [0.1, 0.15) is 57.7 Å². The van der Waals surface area contributed by atoms with Crippen LogP contribution in [-0.4, -0.2) is 20.6 Å². The number of halogens is 1. The highest BCUT2D eigenvalue weighted by molar-refractivity contribution is 7.99. The van der Waals surface area contributed by atoms with Crippen molar-refractivity contribution in [2.24, 2.45) is 7.05 Å². The van der Waals surface area contributed by atoms with Gasteiger partial charge in [0.2, 0.25) is 0 Å². The van der Waals surface area contributed by atoms with Crippen LogP contribution in [0.3, 0.4) is 0 Å². The van der Waals surface area contributed by atoms with Gasteiger partial charge >= 0.3 is 0 Å². The first-order valence-electron chi connectivity index (χ1n) is 13.4. The molecule has 2 heterocycles. The second-order valence-electron chi connectivity index (χ2n) is 8.91. The summed E-state index contributed by atoms with van der Waals surface area (Å²) < 4.78 is 21.0. The summed E-state index contributed by atoms with van der Waals surface area (Å²) in [5, 5.41) is 8.15. The minimum Gasteiger partial charge on any atom is -0.352 e. The number of aryl methyl sites for hydroxylation is 2. The maximum atomic E-state index is 14.8. The van der Waals surface area contributed by atoms with Crippen molar-refractivity contribution in [1.29, 1.82) is 0 Å². The summed E-state index contributed by atoms with van der Waals surface area (Å²) in [6.07, 6.45) is 3.67. The smallest absolute Gasteiger partial charge is 0.278 e. The number of rotatable bonds is 6. The van der Waals surface area contributed by atoms with Gasteiger partial charge in [0.15, 0.2) is 0 Å². The van der Waals surface area contributed by atoms with Crippen LogP contribution >= 0.6 is 11.9 Å². The van der Waals surface area contributed by atoms with Crippen LogP contribution in [0, 0.1) is 19.7 Å². The molecule has 4 aromatic rings. The fraction of sp³-hybridized carbons (Fsp3) is 0.367. The van der Waals surface area contributed by atoms with E-state index in [1.807, 2.05) is 58.2 Å². The van der Waals surface area contributed by atoms with Crippen LogP contribution in [-0.2, 0) is 7.05 Å². The molecule has 208 valence electrons. The van der Waals surface area contributed by atoms with E-state index in [-0.39, 0.29) is 22.8 Å². The Morgan fingerprint density at radius 3 is 2.31 bits per heavy atom. The van der Waals surface area contributed by atoms with Crippen LogP contribution in [0.5, 0.6) is 0 Å². The van der Waals surface area contributed by atoms with E-state index in [0.717, 1.165) is 29.7 Å². The van der Waals surface area contributed by atoms with E-state index in [4.69, 9.17) is 5.10 Å². The number of hydrogen-bond acceptors (Lipinski definition) is 6. The van der Waals surface area contributed by atoms with E-state index in [1.54, 1.807) is 33.0 Å². The zero-order valence-corrected chi connectivity index (χ0v) is 24.8. The normalized spacial score (nSPS) is 12.2. The van der Waals surface area contributed by atoms with Crippen LogP contribution < -0.4 is 21.2 Å². The highest BCUT2D eigenvalue weighted by Crippen LogP contribution is 2.37. The molecular weight excluding hydrogens is 513 g/mol. The number of hydrogen-bond donors (Lipinski definition) is 2. The number of nitrogens with zero attached hydrogens (tertiary/aromatic N) is 3. The van der Waals surface area contributed by atoms with Gasteiger partial charge in [-0.05, 0) is 56.5 Å².